The second kappa shape index (κ2) is 6.67. The van der Waals surface area contributed by atoms with Crippen molar-refractivity contribution in [3.8, 4) is 5.75 Å². The van der Waals surface area contributed by atoms with Crippen LogP contribution in [0.3, 0.4) is 0 Å². The molecule has 5 nitrogen and oxygen atoms in total. The van der Waals surface area contributed by atoms with Crippen LogP contribution in [0.5, 0.6) is 5.75 Å². The van der Waals surface area contributed by atoms with Gasteiger partial charge in [0.05, 0.1) is 12.2 Å². The number of para-hydroxylation sites is 1. The quantitative estimate of drug-likeness (QED) is 0.812. The van der Waals surface area contributed by atoms with Crippen LogP contribution in [0.15, 0.2) is 36.4 Å². The molecule has 0 aliphatic heterocycles. The van der Waals surface area contributed by atoms with Gasteiger partial charge in [-0.1, -0.05) is 18.2 Å². The van der Waals surface area contributed by atoms with E-state index in [-0.39, 0.29) is 12.5 Å². The van der Waals surface area contributed by atoms with Crippen molar-refractivity contribution in [1.82, 2.24) is 15.1 Å². The van der Waals surface area contributed by atoms with E-state index < -0.39 is 0 Å². The number of rotatable bonds is 8. The molecule has 2 aromatic rings. The van der Waals surface area contributed by atoms with Gasteiger partial charge in [0.1, 0.15) is 5.75 Å². The van der Waals surface area contributed by atoms with Crippen LogP contribution in [0, 0.1) is 0 Å². The number of benzene rings is 1. The maximum absolute atomic E-state index is 11.9. The molecule has 1 heterocycles. The van der Waals surface area contributed by atoms with E-state index in [1.54, 1.807) is 0 Å². The molecule has 4 rings (SSSR count). The van der Waals surface area contributed by atoms with E-state index in [1.807, 2.05) is 30.3 Å². The molecule has 0 unspecified atom stereocenters. The SMILES string of the molecule is O=C(COc1ccccc1)NCCn1nc(C2CC2)cc1C1CC1. The number of amides is 1. The summed E-state index contributed by atoms with van der Waals surface area (Å²) in [7, 11) is 0. The number of aromatic nitrogens is 2. The van der Waals surface area contributed by atoms with Gasteiger partial charge in [-0.15, -0.1) is 0 Å². The Morgan fingerprint density at radius 3 is 2.62 bits per heavy atom. The lowest BCUT2D eigenvalue weighted by Gasteiger charge is -2.09. The third-order valence-corrected chi connectivity index (χ3v) is 4.58. The molecule has 1 N–H and O–H groups in total. The Labute approximate surface area is 142 Å². The first kappa shape index (κ1) is 15.2. The second-order valence-corrected chi connectivity index (χ2v) is 6.72. The normalized spacial score (nSPS) is 16.8. The van der Waals surface area contributed by atoms with Gasteiger partial charge in [0, 0.05) is 24.1 Å². The van der Waals surface area contributed by atoms with Gasteiger partial charge in [0.2, 0.25) is 0 Å². The van der Waals surface area contributed by atoms with Gasteiger partial charge in [-0.05, 0) is 43.9 Å². The number of ether oxygens (including phenoxy) is 1. The van der Waals surface area contributed by atoms with Crippen LogP contribution in [0.25, 0.3) is 0 Å². The lowest BCUT2D eigenvalue weighted by molar-refractivity contribution is -0.123. The summed E-state index contributed by atoms with van der Waals surface area (Å²) in [5, 5.41) is 7.68. The average Bonchev–Trinajstić information content (AvgIpc) is 3.52. The highest BCUT2D eigenvalue weighted by Gasteiger charge is 2.32. The van der Waals surface area contributed by atoms with Crippen molar-refractivity contribution in [3.05, 3.63) is 47.8 Å². The average molecular weight is 325 g/mol. The molecule has 0 saturated heterocycles. The fourth-order valence-electron chi connectivity index (χ4n) is 2.94. The molecule has 24 heavy (non-hydrogen) atoms. The van der Waals surface area contributed by atoms with Gasteiger partial charge in [0.25, 0.3) is 5.91 Å². The summed E-state index contributed by atoms with van der Waals surface area (Å²) in [5.41, 5.74) is 2.60. The minimum atomic E-state index is -0.0959. The third-order valence-electron chi connectivity index (χ3n) is 4.58. The van der Waals surface area contributed by atoms with Gasteiger partial charge < -0.3 is 10.1 Å². The number of nitrogens with one attached hydrogen (secondary N) is 1. The van der Waals surface area contributed by atoms with Crippen molar-refractivity contribution < 1.29 is 9.53 Å². The maximum atomic E-state index is 11.9. The van der Waals surface area contributed by atoms with E-state index in [0.29, 0.717) is 24.1 Å². The molecule has 0 bridgehead atoms. The first-order valence-electron chi connectivity index (χ1n) is 8.82. The molecule has 1 aromatic heterocycles. The largest absolute Gasteiger partial charge is 0.484 e. The van der Waals surface area contributed by atoms with Crippen molar-refractivity contribution in [3.63, 3.8) is 0 Å². The van der Waals surface area contributed by atoms with Crippen molar-refractivity contribution in [2.24, 2.45) is 0 Å². The second-order valence-electron chi connectivity index (χ2n) is 6.72. The lowest BCUT2D eigenvalue weighted by atomic mass is 10.2. The Bertz CT molecular complexity index is 703. The van der Waals surface area contributed by atoms with Gasteiger partial charge in [0.15, 0.2) is 6.61 Å². The molecule has 2 aliphatic rings. The number of carbonyl (C=O) groups is 1. The van der Waals surface area contributed by atoms with E-state index >= 15 is 0 Å². The molecule has 1 amide bonds. The van der Waals surface area contributed by atoms with Gasteiger partial charge in [-0.2, -0.15) is 5.10 Å². The van der Waals surface area contributed by atoms with Crippen molar-refractivity contribution in [2.75, 3.05) is 13.2 Å². The summed E-state index contributed by atoms with van der Waals surface area (Å²) in [6.07, 6.45) is 5.09. The lowest BCUT2D eigenvalue weighted by Crippen LogP contribution is -2.32. The monoisotopic (exact) mass is 325 g/mol. The summed E-state index contributed by atoms with van der Waals surface area (Å²) in [6.45, 7) is 1.37. The van der Waals surface area contributed by atoms with Crippen molar-refractivity contribution >= 4 is 5.91 Å². The number of nitrogens with zero attached hydrogens (tertiary/aromatic N) is 2. The zero-order valence-corrected chi connectivity index (χ0v) is 13.8. The van der Waals surface area contributed by atoms with Crippen LogP contribution < -0.4 is 10.1 Å². The number of carbonyl (C=O) groups excluding carboxylic acids is 1. The van der Waals surface area contributed by atoms with Crippen LogP contribution in [0.1, 0.15) is 48.9 Å². The standard InChI is InChI=1S/C19H23N3O2/c23-19(13-24-16-4-2-1-3-5-16)20-10-11-22-18(15-8-9-15)12-17(21-22)14-6-7-14/h1-5,12,14-15H,6-11,13H2,(H,20,23). The first-order chi connectivity index (χ1) is 11.8. The topological polar surface area (TPSA) is 56.1 Å². The maximum Gasteiger partial charge on any atom is 0.258 e. The Kier molecular flexibility index (Phi) is 4.24. The van der Waals surface area contributed by atoms with Crippen LogP contribution in [-0.2, 0) is 11.3 Å². The van der Waals surface area contributed by atoms with Crippen LogP contribution in [-0.4, -0.2) is 28.8 Å². The molecule has 126 valence electrons. The van der Waals surface area contributed by atoms with Crippen molar-refractivity contribution in [1.29, 1.82) is 0 Å². The minimum absolute atomic E-state index is 0.0475. The smallest absolute Gasteiger partial charge is 0.258 e. The van der Waals surface area contributed by atoms with Crippen LogP contribution >= 0.6 is 0 Å². The number of hydrogen-bond acceptors (Lipinski definition) is 3. The fraction of sp³-hybridized carbons (Fsp3) is 0.474. The molecule has 5 heteroatoms. The van der Waals surface area contributed by atoms with Gasteiger partial charge in [-0.3, -0.25) is 9.48 Å². The summed E-state index contributed by atoms with van der Waals surface area (Å²) < 4.78 is 7.55. The summed E-state index contributed by atoms with van der Waals surface area (Å²) in [5.74, 6) is 1.98. The molecule has 0 atom stereocenters. The van der Waals surface area contributed by atoms with Crippen LogP contribution in [0.4, 0.5) is 0 Å². The zero-order chi connectivity index (χ0) is 16.4. The summed E-state index contributed by atoms with van der Waals surface area (Å²) in [6, 6.07) is 11.7. The van der Waals surface area contributed by atoms with E-state index in [1.165, 1.54) is 37.1 Å². The Balaban J connectivity index is 1.25. The van der Waals surface area contributed by atoms with Gasteiger partial charge >= 0.3 is 0 Å². The fourth-order valence-corrected chi connectivity index (χ4v) is 2.94. The Hall–Kier alpha value is -2.30. The van der Waals surface area contributed by atoms with Crippen molar-refractivity contribution in [2.45, 2.75) is 44.1 Å². The van der Waals surface area contributed by atoms with E-state index in [9.17, 15) is 4.79 Å². The molecular formula is C19H23N3O2. The third kappa shape index (κ3) is 3.78. The predicted octanol–water partition coefficient (Wildman–Crippen LogP) is 2.83. The summed E-state index contributed by atoms with van der Waals surface area (Å²) >= 11 is 0. The Morgan fingerprint density at radius 2 is 1.92 bits per heavy atom. The summed E-state index contributed by atoms with van der Waals surface area (Å²) in [4.78, 5) is 11.9. The molecule has 1 aromatic carbocycles. The highest BCUT2D eigenvalue weighted by Crippen LogP contribution is 2.44. The van der Waals surface area contributed by atoms with E-state index in [4.69, 9.17) is 9.84 Å². The van der Waals surface area contributed by atoms with E-state index in [2.05, 4.69) is 16.1 Å². The van der Waals surface area contributed by atoms with E-state index in [0.717, 1.165) is 6.54 Å². The minimum Gasteiger partial charge on any atom is -0.484 e. The Morgan fingerprint density at radius 1 is 1.17 bits per heavy atom. The highest BCUT2D eigenvalue weighted by molar-refractivity contribution is 5.77. The number of hydrogen-bond donors (Lipinski definition) is 1. The molecule has 0 radical (unpaired) electrons. The van der Waals surface area contributed by atoms with Crippen LogP contribution in [0.2, 0.25) is 0 Å². The molecule has 2 aliphatic carbocycles. The zero-order valence-electron chi connectivity index (χ0n) is 13.8. The first-order valence-corrected chi connectivity index (χ1v) is 8.82. The molecule has 2 fully saturated rings. The molecule has 2 saturated carbocycles. The molecular weight excluding hydrogens is 302 g/mol. The molecule has 0 spiro atoms. The predicted molar refractivity (Wildman–Crippen MR) is 91.1 cm³/mol. The van der Waals surface area contributed by atoms with Gasteiger partial charge in [-0.25, -0.2) is 0 Å². The highest BCUT2D eigenvalue weighted by atomic mass is 16.5.